The van der Waals surface area contributed by atoms with E-state index in [0.29, 0.717) is 30.5 Å². The van der Waals surface area contributed by atoms with Crippen molar-refractivity contribution < 1.29 is 45.4 Å². The predicted octanol–water partition coefficient (Wildman–Crippen LogP) is 5.80. The number of hydrogen-bond acceptors (Lipinski definition) is 5. The van der Waals surface area contributed by atoms with Crippen molar-refractivity contribution in [2.75, 3.05) is 6.61 Å². The summed E-state index contributed by atoms with van der Waals surface area (Å²) in [5.74, 6) is -4.31. The second-order valence-electron chi connectivity index (χ2n) is 7.70. The van der Waals surface area contributed by atoms with Crippen molar-refractivity contribution in [2.24, 2.45) is 0 Å². The molecule has 12 heteroatoms. The SMILES string of the molecule is C=CCCCOc1nc(C(=O)NC(=O)C(CC=C)(OCc2ccccc2)C(F)(F)F)ccc1C(F)(F)F. The highest BCUT2D eigenvalue weighted by molar-refractivity contribution is 6.06. The number of benzene rings is 1. The van der Waals surface area contributed by atoms with Crippen molar-refractivity contribution in [2.45, 2.75) is 43.8 Å². The number of nitrogens with one attached hydrogen (secondary N) is 1. The molecule has 2 amide bonds. The summed E-state index contributed by atoms with van der Waals surface area (Å²) in [6, 6.07) is 8.79. The van der Waals surface area contributed by atoms with Crippen LogP contribution in [0.1, 0.15) is 40.9 Å². The molecule has 0 aliphatic carbocycles. The molecule has 0 radical (unpaired) electrons. The van der Waals surface area contributed by atoms with Gasteiger partial charge in [-0.2, -0.15) is 26.3 Å². The highest BCUT2D eigenvalue weighted by atomic mass is 19.4. The van der Waals surface area contributed by atoms with Crippen LogP contribution in [0.15, 0.2) is 67.8 Å². The molecule has 0 fully saturated rings. The third kappa shape index (κ3) is 7.66. The molecule has 0 spiro atoms. The monoisotopic (exact) mass is 530 g/mol. The fraction of sp³-hybridized carbons (Fsp3) is 0.320. The van der Waals surface area contributed by atoms with E-state index in [1.54, 1.807) is 23.5 Å². The fourth-order valence-corrected chi connectivity index (χ4v) is 3.08. The Balaban J connectivity index is 2.34. The number of pyridine rings is 1. The number of hydrogen-bond donors (Lipinski definition) is 1. The number of rotatable bonds is 12. The normalized spacial score (nSPS) is 13.4. The van der Waals surface area contributed by atoms with Gasteiger partial charge < -0.3 is 9.47 Å². The van der Waals surface area contributed by atoms with E-state index in [1.807, 2.05) is 0 Å². The van der Waals surface area contributed by atoms with Crippen molar-refractivity contribution in [3.8, 4) is 5.88 Å². The molecule has 37 heavy (non-hydrogen) atoms. The van der Waals surface area contributed by atoms with Gasteiger partial charge in [0, 0.05) is 6.42 Å². The quantitative estimate of drug-likeness (QED) is 0.213. The molecule has 0 aliphatic rings. The molecule has 1 unspecified atom stereocenters. The lowest BCUT2D eigenvalue weighted by atomic mass is 9.96. The molecule has 0 bridgehead atoms. The fourth-order valence-electron chi connectivity index (χ4n) is 3.08. The number of imide groups is 1. The molecule has 6 nitrogen and oxygen atoms in total. The van der Waals surface area contributed by atoms with Crippen LogP contribution >= 0.6 is 0 Å². The molecule has 200 valence electrons. The first-order valence-corrected chi connectivity index (χ1v) is 10.9. The molecule has 0 saturated heterocycles. The Morgan fingerprint density at radius 1 is 0.973 bits per heavy atom. The van der Waals surface area contributed by atoms with Crippen LogP contribution in [0.25, 0.3) is 0 Å². The van der Waals surface area contributed by atoms with Gasteiger partial charge in [-0.05, 0) is 30.5 Å². The summed E-state index contributed by atoms with van der Waals surface area (Å²) in [6.45, 7) is 5.88. The van der Waals surface area contributed by atoms with Gasteiger partial charge in [0.05, 0.1) is 13.2 Å². The van der Waals surface area contributed by atoms with Gasteiger partial charge in [0.25, 0.3) is 11.8 Å². The van der Waals surface area contributed by atoms with Crippen molar-refractivity contribution in [1.29, 1.82) is 0 Å². The zero-order chi connectivity index (χ0) is 27.7. The number of allylic oxidation sites excluding steroid dienone is 1. The van der Waals surface area contributed by atoms with E-state index in [9.17, 15) is 35.9 Å². The molecule has 2 aromatic rings. The Hall–Kier alpha value is -3.67. The molecule has 1 atom stereocenters. The summed E-state index contributed by atoms with van der Waals surface area (Å²) in [5, 5.41) is 1.54. The van der Waals surface area contributed by atoms with Gasteiger partial charge in [0.1, 0.15) is 11.3 Å². The van der Waals surface area contributed by atoms with Gasteiger partial charge in [-0.25, -0.2) is 4.98 Å². The smallest absolute Gasteiger partial charge is 0.426 e. The van der Waals surface area contributed by atoms with Crippen LogP contribution in [0.2, 0.25) is 0 Å². The number of ether oxygens (including phenoxy) is 2. The van der Waals surface area contributed by atoms with Crippen molar-refractivity contribution in [3.05, 3.63) is 84.6 Å². The number of carbonyl (C=O) groups excluding carboxylic acids is 2. The van der Waals surface area contributed by atoms with Crippen LogP contribution in [0.5, 0.6) is 5.88 Å². The van der Waals surface area contributed by atoms with Crippen LogP contribution in [-0.2, 0) is 22.3 Å². The minimum Gasteiger partial charge on any atom is -0.477 e. The number of unbranched alkanes of at least 4 members (excludes halogenated alkanes) is 1. The summed E-state index contributed by atoms with van der Waals surface area (Å²) >= 11 is 0. The second kappa shape index (κ2) is 12.5. The number of aromatic nitrogens is 1. The maximum atomic E-state index is 14.1. The lowest BCUT2D eigenvalue weighted by Crippen LogP contribution is -2.59. The summed E-state index contributed by atoms with van der Waals surface area (Å²) in [6.07, 6.45) is -8.16. The van der Waals surface area contributed by atoms with E-state index in [4.69, 9.17) is 9.47 Å². The minimum absolute atomic E-state index is 0.198. The van der Waals surface area contributed by atoms with E-state index in [0.717, 1.165) is 6.08 Å². The molecule has 0 aliphatic heterocycles. The third-order valence-corrected chi connectivity index (χ3v) is 5.00. The standard InChI is InChI=1S/C25H24F6N2O4/c1-3-5-9-15-36-21-18(24(26,27)28)12-13-19(32-21)20(34)33-22(35)23(14-4-2,25(29,30)31)37-16-17-10-7-6-8-11-17/h3-4,6-8,10-13H,1-2,5,9,14-16H2,(H,33,34,35). The van der Waals surface area contributed by atoms with Crippen molar-refractivity contribution in [3.63, 3.8) is 0 Å². The highest BCUT2D eigenvalue weighted by Crippen LogP contribution is 2.38. The number of nitrogens with zero attached hydrogens (tertiary/aromatic N) is 1. The Labute approximate surface area is 209 Å². The van der Waals surface area contributed by atoms with Crippen LogP contribution in [-0.4, -0.2) is 35.2 Å². The molecule has 1 heterocycles. The predicted molar refractivity (Wildman–Crippen MR) is 121 cm³/mol. The first kappa shape index (κ1) is 29.6. The third-order valence-electron chi connectivity index (χ3n) is 5.00. The summed E-state index contributed by atoms with van der Waals surface area (Å²) in [5.41, 5.74) is -5.24. The zero-order valence-electron chi connectivity index (χ0n) is 19.5. The summed E-state index contributed by atoms with van der Waals surface area (Å²) in [7, 11) is 0. The van der Waals surface area contributed by atoms with Gasteiger partial charge in [-0.1, -0.05) is 42.5 Å². The average molecular weight is 530 g/mol. The first-order valence-electron chi connectivity index (χ1n) is 10.9. The lowest BCUT2D eigenvalue weighted by Gasteiger charge is -2.33. The van der Waals surface area contributed by atoms with E-state index < -0.39 is 59.9 Å². The highest BCUT2D eigenvalue weighted by Gasteiger charge is 2.61. The largest absolute Gasteiger partial charge is 0.477 e. The molecular formula is C25H24F6N2O4. The number of halogens is 6. The van der Waals surface area contributed by atoms with E-state index in [1.165, 1.54) is 18.2 Å². The van der Waals surface area contributed by atoms with Crippen molar-refractivity contribution in [1.82, 2.24) is 10.3 Å². The maximum Gasteiger partial charge on any atom is 0.426 e. The molecule has 1 aromatic carbocycles. The van der Waals surface area contributed by atoms with Gasteiger partial charge in [-0.15, -0.1) is 13.2 Å². The maximum absolute atomic E-state index is 14.1. The van der Waals surface area contributed by atoms with Crippen LogP contribution < -0.4 is 10.1 Å². The van der Waals surface area contributed by atoms with Gasteiger partial charge in [0.2, 0.25) is 11.5 Å². The first-order chi connectivity index (χ1) is 17.4. The molecule has 1 aromatic heterocycles. The second-order valence-corrected chi connectivity index (χ2v) is 7.70. The molecular weight excluding hydrogens is 506 g/mol. The summed E-state index contributed by atoms with van der Waals surface area (Å²) in [4.78, 5) is 28.9. The van der Waals surface area contributed by atoms with Crippen LogP contribution in [0.3, 0.4) is 0 Å². The zero-order valence-corrected chi connectivity index (χ0v) is 19.5. The van der Waals surface area contributed by atoms with E-state index in [2.05, 4.69) is 18.1 Å². The van der Waals surface area contributed by atoms with Crippen molar-refractivity contribution >= 4 is 11.8 Å². The van der Waals surface area contributed by atoms with Crippen LogP contribution in [0.4, 0.5) is 26.3 Å². The van der Waals surface area contributed by atoms with E-state index >= 15 is 0 Å². The number of amides is 2. The molecule has 0 saturated carbocycles. The Morgan fingerprint density at radius 3 is 2.22 bits per heavy atom. The van der Waals surface area contributed by atoms with Gasteiger partial charge >= 0.3 is 12.4 Å². The van der Waals surface area contributed by atoms with Gasteiger partial charge in [-0.3, -0.25) is 14.9 Å². The van der Waals surface area contributed by atoms with E-state index in [-0.39, 0.29) is 6.61 Å². The Kier molecular flexibility index (Phi) is 10.0. The summed E-state index contributed by atoms with van der Waals surface area (Å²) < 4.78 is 92.4. The lowest BCUT2D eigenvalue weighted by molar-refractivity contribution is -0.269. The Bertz CT molecular complexity index is 1100. The molecule has 1 N–H and O–H groups in total. The van der Waals surface area contributed by atoms with Gasteiger partial charge in [0.15, 0.2) is 0 Å². The average Bonchev–Trinajstić information content (AvgIpc) is 2.83. The number of carbonyl (C=O) groups is 2. The minimum atomic E-state index is -5.28. The molecule has 2 rings (SSSR count). The number of alkyl halides is 6. The Morgan fingerprint density at radius 2 is 1.65 bits per heavy atom. The van der Waals surface area contributed by atoms with Crippen LogP contribution in [0, 0.1) is 0 Å². The topological polar surface area (TPSA) is 77.5 Å².